The fourth-order valence-corrected chi connectivity index (χ4v) is 3.96. The molecular weight excluding hydrogens is 385 g/mol. The predicted molar refractivity (Wildman–Crippen MR) is 90.9 cm³/mol. The van der Waals surface area contributed by atoms with Gasteiger partial charge in [0, 0.05) is 0 Å². The number of hydrogen-bond donors (Lipinski definition) is 3. The summed E-state index contributed by atoms with van der Waals surface area (Å²) in [5.74, 6) is -0.682. The molecule has 0 aliphatic carbocycles. The van der Waals surface area contributed by atoms with Gasteiger partial charge in [-0.25, -0.2) is 5.06 Å². The van der Waals surface area contributed by atoms with Crippen LogP contribution in [0.2, 0.25) is 0 Å². The molecule has 27 heavy (non-hydrogen) atoms. The molecule has 0 saturated carbocycles. The van der Waals surface area contributed by atoms with Crippen LogP contribution in [0.4, 0.5) is 13.2 Å². The lowest BCUT2D eigenvalue weighted by atomic mass is 10.0. The Morgan fingerprint density at radius 1 is 1.04 bits per heavy atom. The SMILES string of the molecule is O=C1[C@H](N[S+](=O)(O)c2ccc(-c3ccc(C(F)(F)F)cc3)cc2)CCN1O. The molecule has 0 aromatic heterocycles. The Morgan fingerprint density at radius 3 is 2.00 bits per heavy atom. The van der Waals surface area contributed by atoms with Crippen molar-refractivity contribution in [3.8, 4) is 11.1 Å². The standard InChI is InChI=1S/C17H15F3N2O4S/c18-17(19,20)13-5-1-11(2-6-13)12-3-7-14(8-4-12)27(25,26)21-15-9-10-22(24)16(15)23/h1-8,15,24H,9-10H2,(H-,21,25,26)/p+1/t15-/m1/s1. The minimum atomic E-state index is -4.42. The average molecular weight is 401 g/mol. The van der Waals surface area contributed by atoms with Gasteiger partial charge in [-0.05, 0) is 58.2 Å². The molecule has 6 nitrogen and oxygen atoms in total. The summed E-state index contributed by atoms with van der Waals surface area (Å²) in [5, 5.41) is 9.75. The first-order chi connectivity index (χ1) is 12.6. The van der Waals surface area contributed by atoms with Crippen molar-refractivity contribution in [2.45, 2.75) is 23.5 Å². The molecule has 1 fully saturated rings. The monoisotopic (exact) mass is 401 g/mol. The molecular formula is C17H16F3N2O4S+. The maximum absolute atomic E-state index is 12.6. The molecule has 2 atom stereocenters. The summed E-state index contributed by atoms with van der Waals surface area (Å²) in [5.41, 5.74) is 0.333. The highest BCUT2D eigenvalue weighted by molar-refractivity contribution is 7.96. The first-order valence-electron chi connectivity index (χ1n) is 7.90. The van der Waals surface area contributed by atoms with Crippen molar-refractivity contribution in [2.75, 3.05) is 6.54 Å². The number of rotatable bonds is 4. The van der Waals surface area contributed by atoms with E-state index in [2.05, 4.69) is 4.72 Å². The van der Waals surface area contributed by atoms with Crippen molar-refractivity contribution in [1.29, 1.82) is 0 Å². The number of benzene rings is 2. The molecule has 2 aromatic carbocycles. The summed E-state index contributed by atoms with van der Waals surface area (Å²) < 4.78 is 62.8. The number of carbonyl (C=O) groups excluding carboxylic acids is 1. The number of hydrogen-bond acceptors (Lipinski definition) is 3. The van der Waals surface area contributed by atoms with Crippen molar-refractivity contribution in [1.82, 2.24) is 9.79 Å². The number of carbonyl (C=O) groups is 1. The highest BCUT2D eigenvalue weighted by atomic mass is 32.3. The van der Waals surface area contributed by atoms with E-state index in [4.69, 9.17) is 0 Å². The second-order valence-corrected chi connectivity index (χ2v) is 7.80. The number of nitrogens with one attached hydrogen (secondary N) is 1. The first-order valence-corrected chi connectivity index (χ1v) is 9.41. The van der Waals surface area contributed by atoms with E-state index >= 15 is 0 Å². The Morgan fingerprint density at radius 2 is 1.56 bits per heavy atom. The third kappa shape index (κ3) is 4.19. The summed E-state index contributed by atoms with van der Waals surface area (Å²) in [4.78, 5) is 11.7. The lowest BCUT2D eigenvalue weighted by molar-refractivity contribution is -0.158. The second kappa shape index (κ2) is 7.04. The zero-order valence-electron chi connectivity index (χ0n) is 13.8. The van der Waals surface area contributed by atoms with Gasteiger partial charge in [-0.2, -0.15) is 17.7 Å². The van der Waals surface area contributed by atoms with Gasteiger partial charge in [0.25, 0.3) is 5.91 Å². The molecule has 1 aliphatic rings. The van der Waals surface area contributed by atoms with Crippen LogP contribution in [0, 0.1) is 0 Å². The predicted octanol–water partition coefficient (Wildman–Crippen LogP) is 3.20. The van der Waals surface area contributed by atoms with Gasteiger partial charge < -0.3 is 0 Å². The van der Waals surface area contributed by atoms with Crippen LogP contribution in [0.3, 0.4) is 0 Å². The molecule has 1 amide bonds. The molecule has 1 saturated heterocycles. The normalized spacial score (nSPS) is 20.0. The number of alkyl halides is 3. The van der Waals surface area contributed by atoms with Gasteiger partial charge in [-0.1, -0.05) is 16.9 Å². The van der Waals surface area contributed by atoms with E-state index in [1.165, 1.54) is 36.4 Å². The molecule has 1 heterocycles. The molecule has 0 bridgehead atoms. The first kappa shape index (κ1) is 19.5. The minimum absolute atomic E-state index is 0.0161. The zero-order valence-corrected chi connectivity index (χ0v) is 14.6. The number of nitrogens with zero attached hydrogens (tertiary/aromatic N) is 1. The van der Waals surface area contributed by atoms with E-state index in [1.54, 1.807) is 0 Å². The molecule has 1 unspecified atom stereocenters. The third-order valence-electron chi connectivity index (χ3n) is 4.20. The molecule has 3 rings (SSSR count). The second-order valence-electron chi connectivity index (χ2n) is 6.05. The molecule has 10 heteroatoms. The summed E-state index contributed by atoms with van der Waals surface area (Å²) in [6, 6.07) is 9.32. The van der Waals surface area contributed by atoms with Crippen LogP contribution in [-0.4, -0.2) is 33.3 Å². The van der Waals surface area contributed by atoms with Crippen LogP contribution >= 0.6 is 0 Å². The van der Waals surface area contributed by atoms with Crippen molar-refractivity contribution in [3.05, 3.63) is 54.1 Å². The quantitative estimate of drug-likeness (QED) is 0.542. The van der Waals surface area contributed by atoms with Gasteiger partial charge in [0.2, 0.25) is 4.90 Å². The lowest BCUT2D eigenvalue weighted by Gasteiger charge is -2.11. The molecule has 0 spiro atoms. The van der Waals surface area contributed by atoms with Gasteiger partial charge in [-0.3, -0.25) is 10.0 Å². The molecule has 1 aliphatic heterocycles. The summed E-state index contributed by atoms with van der Waals surface area (Å²) in [7, 11) is -3.73. The highest BCUT2D eigenvalue weighted by Crippen LogP contribution is 2.31. The van der Waals surface area contributed by atoms with Crippen molar-refractivity contribution in [2.24, 2.45) is 0 Å². The smallest absolute Gasteiger partial charge is 0.286 e. The van der Waals surface area contributed by atoms with Crippen molar-refractivity contribution < 1.29 is 31.9 Å². The van der Waals surface area contributed by atoms with Gasteiger partial charge in [0.15, 0.2) is 0 Å². The van der Waals surface area contributed by atoms with E-state index < -0.39 is 34.1 Å². The van der Waals surface area contributed by atoms with E-state index in [9.17, 15) is 31.9 Å². The Balaban J connectivity index is 1.76. The van der Waals surface area contributed by atoms with Gasteiger partial charge in [0.1, 0.15) is 6.04 Å². The maximum atomic E-state index is 12.6. The van der Waals surface area contributed by atoms with Crippen LogP contribution in [0.25, 0.3) is 11.1 Å². The van der Waals surface area contributed by atoms with Gasteiger partial charge in [0.05, 0.1) is 12.1 Å². The van der Waals surface area contributed by atoms with E-state index in [1.807, 2.05) is 0 Å². The van der Waals surface area contributed by atoms with Gasteiger partial charge in [-0.15, -0.1) is 0 Å². The molecule has 2 aromatic rings. The van der Waals surface area contributed by atoms with E-state index in [-0.39, 0.29) is 17.9 Å². The summed E-state index contributed by atoms with van der Waals surface area (Å²) >= 11 is 0. The minimum Gasteiger partial charge on any atom is -0.286 e. The van der Waals surface area contributed by atoms with Crippen molar-refractivity contribution in [3.63, 3.8) is 0 Å². The Bertz CT molecular complexity index is 885. The molecule has 3 N–H and O–H groups in total. The Hall–Kier alpha value is -2.27. The Kier molecular flexibility index (Phi) is 5.08. The molecule has 144 valence electrons. The largest absolute Gasteiger partial charge is 0.416 e. The van der Waals surface area contributed by atoms with Crippen molar-refractivity contribution >= 4 is 16.3 Å². The zero-order chi connectivity index (χ0) is 19.8. The fraction of sp³-hybridized carbons (Fsp3) is 0.235. The third-order valence-corrected chi connectivity index (χ3v) is 5.72. The topological polar surface area (TPSA) is 89.9 Å². The average Bonchev–Trinajstić information content (AvgIpc) is 2.93. The number of hydroxylamine groups is 2. The maximum Gasteiger partial charge on any atom is 0.416 e. The van der Waals surface area contributed by atoms with E-state index in [0.29, 0.717) is 16.2 Å². The van der Waals surface area contributed by atoms with Crippen LogP contribution in [0.1, 0.15) is 12.0 Å². The number of halogens is 3. The number of amides is 1. The van der Waals surface area contributed by atoms with Crippen LogP contribution in [0.5, 0.6) is 0 Å². The molecule has 0 radical (unpaired) electrons. The van der Waals surface area contributed by atoms with Crippen LogP contribution < -0.4 is 4.72 Å². The van der Waals surface area contributed by atoms with Crippen LogP contribution in [0.15, 0.2) is 53.4 Å². The van der Waals surface area contributed by atoms with Gasteiger partial charge >= 0.3 is 16.6 Å². The summed E-state index contributed by atoms with van der Waals surface area (Å²) in [6.45, 7) is 0.0683. The van der Waals surface area contributed by atoms with Crippen LogP contribution in [-0.2, 0) is 25.6 Å². The Labute approximate surface area is 154 Å². The summed E-state index contributed by atoms with van der Waals surface area (Å²) in [6.07, 6.45) is -4.23. The van der Waals surface area contributed by atoms with E-state index in [0.717, 1.165) is 12.1 Å². The fourth-order valence-electron chi connectivity index (χ4n) is 2.72. The lowest BCUT2D eigenvalue weighted by Crippen LogP contribution is -2.43. The highest BCUT2D eigenvalue weighted by Gasteiger charge is 2.41.